The summed E-state index contributed by atoms with van der Waals surface area (Å²) in [7, 11) is 2.14. The van der Waals surface area contributed by atoms with Gasteiger partial charge in [-0.2, -0.15) is 0 Å². The van der Waals surface area contributed by atoms with E-state index in [0.29, 0.717) is 22.6 Å². The van der Waals surface area contributed by atoms with E-state index >= 15 is 0 Å². The number of anilines is 4. The van der Waals surface area contributed by atoms with Crippen molar-refractivity contribution in [3.8, 4) is 0 Å². The van der Waals surface area contributed by atoms with Gasteiger partial charge in [-0.05, 0) is 75.3 Å². The molecule has 1 saturated heterocycles. The maximum atomic E-state index is 13.0. The molecule has 2 aromatic carbocycles. The molecule has 3 heterocycles. The second-order valence-corrected chi connectivity index (χ2v) is 10.5. The normalized spacial score (nSPS) is 14.5. The van der Waals surface area contributed by atoms with Crippen LogP contribution in [0.4, 0.5) is 23.0 Å². The molecule has 1 aliphatic heterocycles. The number of fused-ring (bicyclic) bond motifs is 1. The molecule has 1 fully saturated rings. The minimum Gasteiger partial charge on any atom is -0.354 e. The standard InChI is InChI=1S/C29H34N8O/c1-19-8-9-22(33-28(38)20-6-5-7-21(16-20)29(2,3)30)17-24(19)34-27-26-23(31-18-32-27)10-11-25(35-26)37-14-12-36(4)13-15-37/h5-11,16-18H,12-15,30H2,1-4H3,(H,33,38)(H,31,32,34). The van der Waals surface area contributed by atoms with E-state index < -0.39 is 5.54 Å². The molecule has 1 aliphatic rings. The molecule has 5 rings (SSSR count). The topological polar surface area (TPSA) is 112 Å². The van der Waals surface area contributed by atoms with Crippen LogP contribution < -0.4 is 21.3 Å². The molecule has 196 valence electrons. The molecule has 2 aromatic heterocycles. The van der Waals surface area contributed by atoms with E-state index in [2.05, 4.69) is 37.4 Å². The molecule has 9 heteroatoms. The number of amides is 1. The number of aryl methyl sites for hydroxylation is 1. The molecular formula is C29H34N8O. The highest BCUT2D eigenvalue weighted by Crippen LogP contribution is 2.28. The fraction of sp³-hybridized carbons (Fsp3) is 0.310. The Hall–Kier alpha value is -4.08. The number of nitrogens with zero attached hydrogens (tertiary/aromatic N) is 5. The predicted molar refractivity (Wildman–Crippen MR) is 153 cm³/mol. The number of nitrogens with one attached hydrogen (secondary N) is 2. The molecule has 4 aromatic rings. The van der Waals surface area contributed by atoms with Crippen molar-refractivity contribution in [3.63, 3.8) is 0 Å². The summed E-state index contributed by atoms with van der Waals surface area (Å²) in [5, 5.41) is 6.43. The van der Waals surface area contributed by atoms with E-state index in [9.17, 15) is 4.79 Å². The summed E-state index contributed by atoms with van der Waals surface area (Å²) in [6.45, 7) is 9.71. The zero-order valence-electron chi connectivity index (χ0n) is 22.3. The number of benzene rings is 2. The largest absolute Gasteiger partial charge is 0.354 e. The van der Waals surface area contributed by atoms with E-state index in [1.165, 1.54) is 6.33 Å². The van der Waals surface area contributed by atoms with Crippen molar-refractivity contribution in [1.29, 1.82) is 0 Å². The van der Waals surface area contributed by atoms with Crippen LogP contribution in [0.1, 0.15) is 35.3 Å². The fourth-order valence-corrected chi connectivity index (χ4v) is 4.46. The Labute approximate surface area is 223 Å². The van der Waals surface area contributed by atoms with Crippen LogP contribution in [0.5, 0.6) is 0 Å². The van der Waals surface area contributed by atoms with Crippen LogP contribution in [0.15, 0.2) is 60.9 Å². The number of rotatable bonds is 6. The average molecular weight is 511 g/mol. The first-order valence-electron chi connectivity index (χ1n) is 12.8. The zero-order chi connectivity index (χ0) is 26.9. The third kappa shape index (κ3) is 5.58. The lowest BCUT2D eigenvalue weighted by Gasteiger charge is -2.33. The van der Waals surface area contributed by atoms with Crippen molar-refractivity contribution in [1.82, 2.24) is 19.9 Å². The van der Waals surface area contributed by atoms with E-state index in [0.717, 1.165) is 54.3 Å². The molecule has 0 atom stereocenters. The third-order valence-electron chi connectivity index (χ3n) is 6.91. The summed E-state index contributed by atoms with van der Waals surface area (Å²) in [4.78, 5) is 31.5. The molecule has 0 saturated carbocycles. The Morgan fingerprint density at radius 3 is 2.55 bits per heavy atom. The van der Waals surface area contributed by atoms with Gasteiger partial charge >= 0.3 is 0 Å². The first kappa shape index (κ1) is 25.6. The monoisotopic (exact) mass is 510 g/mol. The lowest BCUT2D eigenvalue weighted by Crippen LogP contribution is -2.44. The lowest BCUT2D eigenvalue weighted by atomic mass is 9.94. The Balaban J connectivity index is 1.39. The summed E-state index contributed by atoms with van der Waals surface area (Å²) in [6.07, 6.45) is 1.54. The van der Waals surface area contributed by atoms with Crippen molar-refractivity contribution in [2.75, 3.05) is 48.8 Å². The van der Waals surface area contributed by atoms with Crippen LogP contribution in [0, 0.1) is 6.92 Å². The quantitative estimate of drug-likeness (QED) is 0.353. The lowest BCUT2D eigenvalue weighted by molar-refractivity contribution is 0.102. The molecule has 38 heavy (non-hydrogen) atoms. The van der Waals surface area contributed by atoms with E-state index in [1.807, 2.05) is 69.3 Å². The summed E-state index contributed by atoms with van der Waals surface area (Å²) >= 11 is 0. The Morgan fingerprint density at radius 2 is 1.79 bits per heavy atom. The smallest absolute Gasteiger partial charge is 0.255 e. The van der Waals surface area contributed by atoms with E-state index in [4.69, 9.17) is 10.7 Å². The van der Waals surface area contributed by atoms with Gasteiger partial charge in [-0.25, -0.2) is 15.0 Å². The molecule has 0 aliphatic carbocycles. The van der Waals surface area contributed by atoms with Crippen LogP contribution in [0.2, 0.25) is 0 Å². The van der Waals surface area contributed by atoms with Gasteiger partial charge in [0.2, 0.25) is 0 Å². The number of carbonyl (C=O) groups excluding carboxylic acids is 1. The first-order chi connectivity index (χ1) is 18.2. The van der Waals surface area contributed by atoms with Crippen molar-refractivity contribution in [2.45, 2.75) is 26.3 Å². The van der Waals surface area contributed by atoms with Crippen LogP contribution >= 0.6 is 0 Å². The van der Waals surface area contributed by atoms with Gasteiger partial charge in [0.05, 0.1) is 5.52 Å². The van der Waals surface area contributed by atoms with Gasteiger partial charge in [-0.15, -0.1) is 0 Å². The highest BCUT2D eigenvalue weighted by atomic mass is 16.1. The summed E-state index contributed by atoms with van der Waals surface area (Å²) in [5.41, 5.74) is 11.1. The molecule has 0 radical (unpaired) electrons. The Bertz CT molecular complexity index is 1470. The number of hydrogen-bond donors (Lipinski definition) is 3. The van der Waals surface area contributed by atoms with Crippen molar-refractivity contribution in [2.24, 2.45) is 5.73 Å². The number of likely N-dealkylation sites (N-methyl/N-ethyl adjacent to an activating group) is 1. The second kappa shape index (κ2) is 10.4. The van der Waals surface area contributed by atoms with Crippen LogP contribution in [-0.4, -0.2) is 59.0 Å². The molecular weight excluding hydrogens is 476 g/mol. The highest BCUT2D eigenvalue weighted by molar-refractivity contribution is 6.04. The number of aromatic nitrogens is 3. The molecule has 0 bridgehead atoms. The second-order valence-electron chi connectivity index (χ2n) is 10.5. The van der Waals surface area contributed by atoms with Gasteiger partial charge in [0.25, 0.3) is 5.91 Å². The van der Waals surface area contributed by atoms with Gasteiger partial charge in [0, 0.05) is 48.7 Å². The third-order valence-corrected chi connectivity index (χ3v) is 6.91. The number of nitrogens with two attached hydrogens (primary N) is 1. The maximum Gasteiger partial charge on any atom is 0.255 e. The van der Waals surface area contributed by atoms with E-state index in [-0.39, 0.29) is 5.91 Å². The summed E-state index contributed by atoms with van der Waals surface area (Å²) in [6, 6.07) is 17.2. The SMILES string of the molecule is Cc1ccc(NC(=O)c2cccc(C(C)(C)N)c2)cc1Nc1ncnc2ccc(N3CCN(C)CC3)nc12. The van der Waals surface area contributed by atoms with Gasteiger partial charge in [-0.1, -0.05) is 18.2 Å². The molecule has 0 spiro atoms. The van der Waals surface area contributed by atoms with Gasteiger partial charge in [0.1, 0.15) is 17.7 Å². The van der Waals surface area contributed by atoms with E-state index in [1.54, 1.807) is 6.07 Å². The maximum absolute atomic E-state index is 13.0. The Morgan fingerprint density at radius 1 is 1.00 bits per heavy atom. The van der Waals surface area contributed by atoms with Gasteiger partial charge in [-0.3, -0.25) is 4.79 Å². The predicted octanol–water partition coefficient (Wildman–Crippen LogP) is 4.27. The van der Waals surface area contributed by atoms with Crippen LogP contribution in [0.3, 0.4) is 0 Å². The molecule has 1 amide bonds. The highest BCUT2D eigenvalue weighted by Gasteiger charge is 2.18. The van der Waals surface area contributed by atoms with Gasteiger partial charge in [0.15, 0.2) is 5.82 Å². The number of pyridine rings is 1. The van der Waals surface area contributed by atoms with Gasteiger partial charge < -0.3 is 26.2 Å². The summed E-state index contributed by atoms with van der Waals surface area (Å²) < 4.78 is 0. The number of carbonyl (C=O) groups is 1. The fourth-order valence-electron chi connectivity index (χ4n) is 4.46. The molecule has 0 unspecified atom stereocenters. The summed E-state index contributed by atoms with van der Waals surface area (Å²) in [5.74, 6) is 1.34. The van der Waals surface area contributed by atoms with Crippen molar-refractivity contribution in [3.05, 3.63) is 77.6 Å². The van der Waals surface area contributed by atoms with Crippen molar-refractivity contribution >= 4 is 40.0 Å². The first-order valence-corrected chi connectivity index (χ1v) is 12.8. The van der Waals surface area contributed by atoms with Crippen molar-refractivity contribution < 1.29 is 4.79 Å². The minimum atomic E-state index is -0.532. The Kier molecular flexibility index (Phi) is 6.96. The molecule has 4 N–H and O–H groups in total. The van der Waals surface area contributed by atoms with Crippen LogP contribution in [0.25, 0.3) is 11.0 Å². The molecule has 9 nitrogen and oxygen atoms in total. The zero-order valence-corrected chi connectivity index (χ0v) is 22.3. The number of hydrogen-bond acceptors (Lipinski definition) is 8. The average Bonchev–Trinajstić information content (AvgIpc) is 2.90. The number of piperazine rings is 1. The minimum absolute atomic E-state index is 0.197. The van der Waals surface area contributed by atoms with Crippen LogP contribution in [-0.2, 0) is 5.54 Å².